The maximum absolute atomic E-state index is 13.0. The van der Waals surface area contributed by atoms with Crippen LogP contribution in [0.1, 0.15) is 16.1 Å². The molecule has 0 aliphatic heterocycles. The van der Waals surface area contributed by atoms with Gasteiger partial charge in [0, 0.05) is 29.9 Å². The Kier molecular flexibility index (Phi) is 3.56. The van der Waals surface area contributed by atoms with Crippen LogP contribution in [-0.4, -0.2) is 25.5 Å². The van der Waals surface area contributed by atoms with Crippen LogP contribution in [0.5, 0.6) is 0 Å². The van der Waals surface area contributed by atoms with Gasteiger partial charge in [-0.05, 0) is 11.6 Å². The molecule has 0 amide bonds. The third kappa shape index (κ3) is 2.20. The van der Waals surface area contributed by atoms with Gasteiger partial charge in [-0.2, -0.15) is 10.4 Å². The number of aryl methyl sites for hydroxylation is 1. The fourth-order valence-electron chi connectivity index (χ4n) is 3.06. The number of aromatic nitrogens is 4. The van der Waals surface area contributed by atoms with E-state index in [-0.39, 0.29) is 12.1 Å². The standard InChI is InChI=1S/C17H13N7OS/c1-23-14-11(15-16(23)22-13(6-19)26-15)7-21-24(17(14)25)8-9-3-2-4-12(20)10(9)5-18/h2-5,7,18H,8,20H2,1H3. The van der Waals surface area contributed by atoms with Crippen molar-refractivity contribution in [2.45, 2.75) is 6.54 Å². The van der Waals surface area contributed by atoms with Crippen LogP contribution in [0.15, 0.2) is 29.2 Å². The summed E-state index contributed by atoms with van der Waals surface area (Å²) in [7, 11) is 1.75. The summed E-state index contributed by atoms with van der Waals surface area (Å²) in [5.74, 6) is 0. The highest BCUT2D eigenvalue weighted by atomic mass is 32.1. The molecule has 3 heterocycles. The van der Waals surface area contributed by atoms with Crippen molar-refractivity contribution < 1.29 is 0 Å². The molecule has 26 heavy (non-hydrogen) atoms. The molecule has 9 heteroatoms. The minimum atomic E-state index is -0.257. The summed E-state index contributed by atoms with van der Waals surface area (Å²) in [4.78, 5) is 17.2. The maximum Gasteiger partial charge on any atom is 0.291 e. The number of nitrogens with zero attached hydrogens (tertiary/aromatic N) is 5. The number of nitrogen functional groups attached to an aromatic ring is 1. The molecule has 0 fully saturated rings. The first-order valence-corrected chi connectivity index (χ1v) is 8.49. The Morgan fingerprint density at radius 1 is 1.46 bits per heavy atom. The second kappa shape index (κ2) is 5.79. The molecular formula is C17H13N7OS. The Bertz CT molecular complexity index is 1290. The zero-order chi connectivity index (χ0) is 18.4. The summed E-state index contributed by atoms with van der Waals surface area (Å²) in [6, 6.07) is 7.35. The predicted octanol–water partition coefficient (Wildman–Crippen LogP) is 1.84. The topological polar surface area (TPSA) is 126 Å². The Morgan fingerprint density at radius 2 is 2.27 bits per heavy atom. The SMILES string of the molecule is Cn1c2nc(C#N)sc2c2cnn(Cc3cccc(N)c3C=N)c(=O)c21. The van der Waals surface area contributed by atoms with Crippen molar-refractivity contribution in [3.8, 4) is 6.07 Å². The molecule has 0 spiro atoms. The number of nitriles is 1. The average molecular weight is 363 g/mol. The van der Waals surface area contributed by atoms with Crippen molar-refractivity contribution in [2.75, 3.05) is 5.73 Å². The van der Waals surface area contributed by atoms with Crippen molar-refractivity contribution in [3.05, 3.63) is 50.9 Å². The van der Waals surface area contributed by atoms with Crippen molar-refractivity contribution in [1.29, 1.82) is 10.7 Å². The molecule has 4 rings (SSSR count). The summed E-state index contributed by atoms with van der Waals surface area (Å²) in [6.45, 7) is 0.209. The smallest absolute Gasteiger partial charge is 0.291 e. The van der Waals surface area contributed by atoms with Gasteiger partial charge in [0.1, 0.15) is 11.6 Å². The second-order valence-electron chi connectivity index (χ2n) is 5.78. The highest BCUT2D eigenvalue weighted by Crippen LogP contribution is 2.30. The molecule has 3 aromatic heterocycles. The van der Waals surface area contributed by atoms with Crippen LogP contribution in [0.25, 0.3) is 21.3 Å². The van der Waals surface area contributed by atoms with Crippen LogP contribution in [0.4, 0.5) is 5.69 Å². The predicted molar refractivity (Wildman–Crippen MR) is 101 cm³/mol. The van der Waals surface area contributed by atoms with Crippen LogP contribution < -0.4 is 11.3 Å². The van der Waals surface area contributed by atoms with Gasteiger partial charge in [-0.3, -0.25) is 4.79 Å². The van der Waals surface area contributed by atoms with E-state index in [9.17, 15) is 4.79 Å². The van der Waals surface area contributed by atoms with E-state index in [1.807, 2.05) is 12.1 Å². The lowest BCUT2D eigenvalue weighted by Crippen LogP contribution is -2.25. The molecule has 3 N–H and O–H groups in total. The fourth-order valence-corrected chi connectivity index (χ4v) is 3.96. The van der Waals surface area contributed by atoms with Crippen molar-refractivity contribution >= 4 is 44.5 Å². The number of anilines is 1. The van der Waals surface area contributed by atoms with Gasteiger partial charge in [-0.15, -0.1) is 11.3 Å². The highest BCUT2D eigenvalue weighted by Gasteiger charge is 2.18. The minimum absolute atomic E-state index is 0.209. The largest absolute Gasteiger partial charge is 0.398 e. The monoisotopic (exact) mass is 363 g/mol. The molecule has 0 unspecified atom stereocenters. The second-order valence-corrected chi connectivity index (χ2v) is 6.78. The lowest BCUT2D eigenvalue weighted by molar-refractivity contribution is 0.644. The van der Waals surface area contributed by atoms with Gasteiger partial charge in [0.05, 0.1) is 17.4 Å². The van der Waals surface area contributed by atoms with Crippen LogP contribution in [0, 0.1) is 16.7 Å². The zero-order valence-electron chi connectivity index (χ0n) is 13.7. The number of nitrogens with one attached hydrogen (secondary N) is 1. The molecule has 0 aliphatic carbocycles. The minimum Gasteiger partial charge on any atom is -0.398 e. The van der Waals surface area contributed by atoms with Gasteiger partial charge in [-0.25, -0.2) is 9.67 Å². The summed E-state index contributed by atoms with van der Waals surface area (Å²) in [6.07, 6.45) is 2.80. The molecule has 0 aliphatic rings. The maximum atomic E-state index is 13.0. The molecule has 8 nitrogen and oxygen atoms in total. The molecule has 4 aromatic rings. The number of hydrogen-bond donors (Lipinski definition) is 2. The summed E-state index contributed by atoms with van der Waals surface area (Å²) >= 11 is 1.25. The molecular weight excluding hydrogens is 350 g/mol. The molecule has 0 bridgehead atoms. The average Bonchev–Trinajstić information content (AvgIpc) is 3.17. The third-order valence-corrected chi connectivity index (χ3v) is 5.30. The summed E-state index contributed by atoms with van der Waals surface area (Å²) in [5.41, 5.74) is 8.54. The Balaban J connectivity index is 1.91. The van der Waals surface area contributed by atoms with Gasteiger partial charge < -0.3 is 15.7 Å². The number of fused-ring (bicyclic) bond motifs is 3. The quantitative estimate of drug-likeness (QED) is 0.424. The van der Waals surface area contributed by atoms with Gasteiger partial charge in [0.25, 0.3) is 5.56 Å². The summed E-state index contributed by atoms with van der Waals surface area (Å²) < 4.78 is 3.82. The van der Waals surface area contributed by atoms with E-state index in [1.165, 1.54) is 22.2 Å². The lowest BCUT2D eigenvalue weighted by Gasteiger charge is -2.10. The number of thiazole rings is 1. The van der Waals surface area contributed by atoms with Gasteiger partial charge in [0.2, 0.25) is 0 Å². The van der Waals surface area contributed by atoms with Crippen molar-refractivity contribution in [2.24, 2.45) is 7.05 Å². The van der Waals surface area contributed by atoms with E-state index in [4.69, 9.17) is 16.4 Å². The fraction of sp³-hybridized carbons (Fsp3) is 0.118. The zero-order valence-corrected chi connectivity index (χ0v) is 14.5. The number of rotatable bonds is 3. The Hall–Kier alpha value is -3.51. The first kappa shape index (κ1) is 16.0. The van der Waals surface area contributed by atoms with Crippen LogP contribution >= 0.6 is 11.3 Å². The van der Waals surface area contributed by atoms with Gasteiger partial charge >= 0.3 is 0 Å². The van der Waals surface area contributed by atoms with Crippen molar-refractivity contribution in [3.63, 3.8) is 0 Å². The first-order valence-electron chi connectivity index (χ1n) is 7.68. The van der Waals surface area contributed by atoms with Crippen LogP contribution in [0.3, 0.4) is 0 Å². The van der Waals surface area contributed by atoms with E-state index >= 15 is 0 Å². The number of nitrogens with two attached hydrogens (primary N) is 1. The summed E-state index contributed by atoms with van der Waals surface area (Å²) in [5, 5.41) is 21.9. The third-order valence-electron chi connectivity index (χ3n) is 4.32. The van der Waals surface area contributed by atoms with E-state index in [0.29, 0.717) is 32.8 Å². The van der Waals surface area contributed by atoms with E-state index in [1.54, 1.807) is 29.9 Å². The molecule has 0 radical (unpaired) electrons. The highest BCUT2D eigenvalue weighted by molar-refractivity contribution is 7.20. The first-order chi connectivity index (χ1) is 12.5. The van der Waals surface area contributed by atoms with Crippen LogP contribution in [0.2, 0.25) is 0 Å². The van der Waals surface area contributed by atoms with Gasteiger partial charge in [0.15, 0.2) is 10.7 Å². The number of benzene rings is 1. The van der Waals surface area contributed by atoms with Gasteiger partial charge in [-0.1, -0.05) is 12.1 Å². The van der Waals surface area contributed by atoms with Crippen molar-refractivity contribution in [1.82, 2.24) is 19.3 Å². The van der Waals surface area contributed by atoms with E-state index < -0.39 is 0 Å². The van der Waals surface area contributed by atoms with E-state index in [2.05, 4.69) is 10.1 Å². The number of hydrogen-bond acceptors (Lipinski definition) is 7. The van der Waals surface area contributed by atoms with Crippen LogP contribution in [-0.2, 0) is 13.6 Å². The molecule has 0 atom stereocenters. The molecule has 0 saturated carbocycles. The normalized spacial score (nSPS) is 11.1. The molecule has 0 saturated heterocycles. The molecule has 128 valence electrons. The molecule has 1 aromatic carbocycles. The van der Waals surface area contributed by atoms with E-state index in [0.717, 1.165) is 10.3 Å². The Labute approximate surface area is 151 Å². The Morgan fingerprint density at radius 3 is 3.00 bits per heavy atom. The lowest BCUT2D eigenvalue weighted by atomic mass is 10.1.